The first-order chi connectivity index (χ1) is 12.6. The molecule has 0 radical (unpaired) electrons. The minimum atomic E-state index is -0.771. The Labute approximate surface area is 151 Å². The van der Waals surface area contributed by atoms with E-state index in [1.807, 2.05) is 0 Å². The number of carbonyl (C=O) groups is 2. The van der Waals surface area contributed by atoms with Crippen molar-refractivity contribution in [3.8, 4) is 0 Å². The van der Waals surface area contributed by atoms with Crippen molar-refractivity contribution in [2.24, 2.45) is 71.0 Å². The van der Waals surface area contributed by atoms with Crippen LogP contribution in [0.25, 0.3) is 0 Å². The quantitative estimate of drug-likeness (QED) is 0.540. The van der Waals surface area contributed by atoms with Gasteiger partial charge >= 0.3 is 0 Å². The third kappa shape index (κ3) is 0.993. The number of fused-ring (bicyclic) bond motifs is 18. The Balaban J connectivity index is 1.55. The van der Waals surface area contributed by atoms with Crippen molar-refractivity contribution in [3.05, 3.63) is 0 Å². The van der Waals surface area contributed by atoms with E-state index in [4.69, 9.17) is 18.9 Å². The summed E-state index contributed by atoms with van der Waals surface area (Å²) in [5.41, 5.74) is 0. The number of Topliss-reactive ketones (excluding diaryl/α,β-unsaturated/α-hetero) is 2. The van der Waals surface area contributed by atoms with Crippen molar-refractivity contribution in [1.29, 1.82) is 0 Å². The molecule has 6 rings (SSSR count). The van der Waals surface area contributed by atoms with Gasteiger partial charge in [0.2, 0.25) is 0 Å². The van der Waals surface area contributed by atoms with Gasteiger partial charge in [-0.1, -0.05) is 0 Å². The summed E-state index contributed by atoms with van der Waals surface area (Å²) in [6.07, 6.45) is 0. The fourth-order valence-corrected chi connectivity index (χ4v) is 10.3. The summed E-state index contributed by atoms with van der Waals surface area (Å²) in [5.74, 6) is -0.324. The standard InChI is InChI=1S/C20H24O6/c1-23-19(24-2)13-5-6-8-7(5)15-11-12(16(8)20(15,25-3)26-4)18(22)10(14(6)19)9(13)17(11)21/h5-16H,1-4H3. The van der Waals surface area contributed by atoms with E-state index in [0.717, 1.165) is 0 Å². The Hall–Kier alpha value is -0.820. The van der Waals surface area contributed by atoms with Gasteiger partial charge in [0.05, 0.1) is 0 Å². The number of ketones is 2. The van der Waals surface area contributed by atoms with Crippen LogP contribution in [0.4, 0.5) is 0 Å². The largest absolute Gasteiger partial charge is 0.353 e. The van der Waals surface area contributed by atoms with Crippen LogP contribution >= 0.6 is 0 Å². The minimum Gasteiger partial charge on any atom is -0.353 e. The first-order valence-corrected chi connectivity index (χ1v) is 9.83. The summed E-state index contributed by atoms with van der Waals surface area (Å²) in [6.45, 7) is 0. The van der Waals surface area contributed by atoms with Gasteiger partial charge in [0.25, 0.3) is 0 Å². The maximum absolute atomic E-state index is 13.7. The lowest BCUT2D eigenvalue weighted by Crippen LogP contribution is -2.53. The molecular weight excluding hydrogens is 336 g/mol. The van der Waals surface area contributed by atoms with E-state index in [9.17, 15) is 9.59 Å². The van der Waals surface area contributed by atoms with Crippen molar-refractivity contribution in [1.82, 2.24) is 0 Å². The normalized spacial score (nSPS) is 62.5. The van der Waals surface area contributed by atoms with Crippen LogP contribution in [0.2, 0.25) is 0 Å². The molecule has 0 aromatic heterocycles. The molecule has 6 saturated carbocycles. The zero-order valence-electron chi connectivity index (χ0n) is 15.4. The second-order valence-electron chi connectivity index (χ2n) is 9.58. The van der Waals surface area contributed by atoms with Crippen LogP contribution in [-0.4, -0.2) is 51.6 Å². The van der Waals surface area contributed by atoms with Crippen molar-refractivity contribution in [2.75, 3.05) is 28.4 Å². The van der Waals surface area contributed by atoms with Gasteiger partial charge in [0.1, 0.15) is 11.6 Å². The van der Waals surface area contributed by atoms with Gasteiger partial charge in [-0.15, -0.1) is 0 Å². The van der Waals surface area contributed by atoms with E-state index in [1.165, 1.54) is 0 Å². The number of rotatable bonds is 4. The van der Waals surface area contributed by atoms with Gasteiger partial charge in [-0.3, -0.25) is 9.59 Å². The maximum atomic E-state index is 13.7. The molecule has 6 fully saturated rings. The molecule has 6 aliphatic carbocycles. The van der Waals surface area contributed by atoms with Gasteiger partial charge < -0.3 is 18.9 Å². The van der Waals surface area contributed by atoms with Gasteiger partial charge in [-0.25, -0.2) is 0 Å². The van der Waals surface area contributed by atoms with Gasteiger partial charge in [0.15, 0.2) is 11.6 Å². The first-order valence-electron chi connectivity index (χ1n) is 9.83. The fraction of sp³-hybridized carbons (Fsp3) is 0.900. The molecule has 8 atom stereocenters. The van der Waals surface area contributed by atoms with Gasteiger partial charge in [0, 0.05) is 75.8 Å². The Kier molecular flexibility index (Phi) is 2.31. The van der Waals surface area contributed by atoms with Crippen molar-refractivity contribution >= 4 is 11.6 Å². The molecule has 6 heteroatoms. The van der Waals surface area contributed by atoms with Gasteiger partial charge in [-0.2, -0.15) is 0 Å². The van der Waals surface area contributed by atoms with Gasteiger partial charge in [-0.05, 0) is 23.7 Å². The summed E-state index contributed by atoms with van der Waals surface area (Å²) in [5, 5.41) is 0. The van der Waals surface area contributed by atoms with E-state index in [-0.39, 0.29) is 58.9 Å². The van der Waals surface area contributed by atoms with E-state index in [1.54, 1.807) is 28.4 Å². The number of methoxy groups -OCH3 is 4. The van der Waals surface area contributed by atoms with Crippen molar-refractivity contribution in [2.45, 2.75) is 11.6 Å². The lowest BCUT2D eigenvalue weighted by Gasteiger charge is -2.54. The van der Waals surface area contributed by atoms with Crippen LogP contribution < -0.4 is 0 Å². The van der Waals surface area contributed by atoms with E-state index in [0.29, 0.717) is 23.7 Å². The molecular formula is C20H24O6. The van der Waals surface area contributed by atoms with Crippen LogP contribution in [-0.2, 0) is 28.5 Å². The minimum absolute atomic E-state index is 0.00640. The lowest BCUT2D eigenvalue weighted by molar-refractivity contribution is -0.248. The molecule has 0 spiro atoms. The van der Waals surface area contributed by atoms with Crippen molar-refractivity contribution < 1.29 is 28.5 Å². The Morgan fingerprint density at radius 2 is 0.769 bits per heavy atom. The second-order valence-corrected chi connectivity index (χ2v) is 9.58. The lowest BCUT2D eigenvalue weighted by atomic mass is 9.48. The van der Waals surface area contributed by atoms with Crippen LogP contribution in [0.15, 0.2) is 0 Å². The highest BCUT2D eigenvalue weighted by atomic mass is 16.7. The Morgan fingerprint density at radius 1 is 0.538 bits per heavy atom. The molecule has 0 aromatic carbocycles. The monoisotopic (exact) mass is 360 g/mol. The SMILES string of the molecule is COC1(OC)C2C3C(=O)C4C5C(=O)C3C1C1C2C2C1C5C(OC)(OC)C42. The number of carbonyl (C=O) groups excluding carboxylic acids is 2. The highest BCUT2D eigenvalue weighted by molar-refractivity contribution is 6.03. The molecule has 0 N–H and O–H groups in total. The number of ether oxygens (including phenoxy) is 4. The zero-order valence-corrected chi connectivity index (χ0v) is 15.4. The molecule has 8 unspecified atom stereocenters. The molecule has 6 nitrogen and oxygen atoms in total. The van der Waals surface area contributed by atoms with Crippen LogP contribution in [0, 0.1) is 71.0 Å². The van der Waals surface area contributed by atoms with Crippen LogP contribution in [0.1, 0.15) is 0 Å². The smallest absolute Gasteiger partial charge is 0.175 e. The molecule has 0 saturated heterocycles. The predicted molar refractivity (Wildman–Crippen MR) is 85.4 cm³/mol. The fourth-order valence-electron chi connectivity index (χ4n) is 10.3. The summed E-state index contributed by atoms with van der Waals surface area (Å²) in [6, 6.07) is 0. The van der Waals surface area contributed by atoms with Crippen LogP contribution in [0.5, 0.6) is 0 Å². The van der Waals surface area contributed by atoms with E-state index < -0.39 is 11.6 Å². The average molecular weight is 360 g/mol. The topological polar surface area (TPSA) is 71.1 Å². The average Bonchev–Trinajstić information content (AvgIpc) is 3.27. The Bertz CT molecular complexity index is 644. The van der Waals surface area contributed by atoms with Crippen molar-refractivity contribution in [3.63, 3.8) is 0 Å². The maximum Gasteiger partial charge on any atom is 0.175 e. The molecule has 0 heterocycles. The molecule has 0 amide bonds. The van der Waals surface area contributed by atoms with Crippen LogP contribution in [0.3, 0.4) is 0 Å². The summed E-state index contributed by atoms with van der Waals surface area (Å²) in [7, 11) is 6.74. The summed E-state index contributed by atoms with van der Waals surface area (Å²) < 4.78 is 24.0. The van der Waals surface area contributed by atoms with E-state index >= 15 is 0 Å². The zero-order chi connectivity index (χ0) is 17.9. The summed E-state index contributed by atoms with van der Waals surface area (Å²) >= 11 is 0. The highest BCUT2D eigenvalue weighted by Gasteiger charge is 2.94. The first kappa shape index (κ1) is 15.1. The Morgan fingerprint density at radius 3 is 0.962 bits per heavy atom. The third-order valence-corrected chi connectivity index (χ3v) is 10.2. The molecule has 26 heavy (non-hydrogen) atoms. The predicted octanol–water partition coefficient (Wildman–Crippen LogP) is 0.592. The number of hydrogen-bond acceptors (Lipinski definition) is 6. The molecule has 6 aliphatic rings. The summed E-state index contributed by atoms with van der Waals surface area (Å²) in [4.78, 5) is 27.4. The molecule has 140 valence electrons. The number of hydrogen-bond donors (Lipinski definition) is 0. The highest BCUT2D eigenvalue weighted by Crippen LogP contribution is 2.88. The second kappa shape index (κ2) is 3.97. The molecule has 0 aliphatic heterocycles. The molecule has 0 aromatic rings. The molecule has 4 bridgehead atoms. The third-order valence-electron chi connectivity index (χ3n) is 10.2. The van der Waals surface area contributed by atoms with E-state index in [2.05, 4.69) is 0 Å².